The van der Waals surface area contributed by atoms with Crippen LogP contribution in [0.5, 0.6) is 0 Å². The molecule has 0 radical (unpaired) electrons. The Kier molecular flexibility index (Phi) is 32.1. The van der Waals surface area contributed by atoms with Gasteiger partial charge in [-0.3, -0.25) is 14.4 Å². The third-order valence-electron chi connectivity index (χ3n) is 8.08. The molecule has 0 aromatic rings. The Morgan fingerprint density at radius 2 is 1.13 bits per heavy atom. The normalized spacial score (nSPS) is 13.3. The summed E-state index contributed by atoms with van der Waals surface area (Å²) in [6.07, 6.45) is 37.1. The second kappa shape index (κ2) is 33.9. The van der Waals surface area contributed by atoms with E-state index in [1.165, 1.54) is 57.8 Å². The number of hydrogen-bond acceptors (Lipinski definition) is 6. The van der Waals surface area contributed by atoms with Crippen LogP contribution < -0.4 is 0 Å². The minimum atomic E-state index is -1.00. The molecule has 0 rings (SSSR count). The zero-order valence-electron chi connectivity index (χ0n) is 29.7. The zero-order chi connectivity index (χ0) is 33.9. The van der Waals surface area contributed by atoms with E-state index in [-0.39, 0.29) is 37.4 Å². The fraction of sp³-hybridized carbons (Fsp3) is 0.725. The fourth-order valence-electron chi connectivity index (χ4n) is 4.83. The van der Waals surface area contributed by atoms with E-state index in [2.05, 4.69) is 39.0 Å². The first kappa shape index (κ1) is 43.5. The van der Waals surface area contributed by atoms with Crippen molar-refractivity contribution >= 4 is 17.7 Å². The van der Waals surface area contributed by atoms with E-state index in [1.54, 1.807) is 6.08 Å². The van der Waals surface area contributed by atoms with E-state index in [1.807, 2.05) is 24.3 Å². The van der Waals surface area contributed by atoms with Crippen LogP contribution in [0.15, 0.2) is 48.6 Å². The van der Waals surface area contributed by atoms with Gasteiger partial charge in [0.15, 0.2) is 5.78 Å². The third kappa shape index (κ3) is 32.9. The highest BCUT2D eigenvalue weighted by atomic mass is 16.6. The molecule has 0 fully saturated rings. The van der Waals surface area contributed by atoms with Crippen molar-refractivity contribution in [2.45, 2.75) is 168 Å². The molecule has 6 nitrogen and oxygen atoms in total. The molecular weight excluding hydrogens is 576 g/mol. The summed E-state index contributed by atoms with van der Waals surface area (Å²) in [7, 11) is 0. The van der Waals surface area contributed by atoms with Gasteiger partial charge in [-0.25, -0.2) is 0 Å². The highest BCUT2D eigenvalue weighted by molar-refractivity contribution is 5.89. The molecule has 0 aliphatic rings. The molecule has 2 atom stereocenters. The summed E-state index contributed by atoms with van der Waals surface area (Å²) in [5, 5.41) is 9.98. The minimum absolute atomic E-state index is 0.148. The Hall–Kier alpha value is -2.47. The van der Waals surface area contributed by atoms with Gasteiger partial charge in [0.05, 0.1) is 0 Å². The molecular formula is C40H68O6. The second-order valence-corrected chi connectivity index (χ2v) is 12.6. The van der Waals surface area contributed by atoms with Crippen molar-refractivity contribution in [2.75, 3.05) is 13.2 Å². The summed E-state index contributed by atoms with van der Waals surface area (Å²) in [6.45, 7) is 6.44. The van der Waals surface area contributed by atoms with E-state index in [0.717, 1.165) is 63.7 Å². The quantitative estimate of drug-likeness (QED) is 0.0258. The summed E-state index contributed by atoms with van der Waals surface area (Å²) in [5.74, 6) is 0.394. The van der Waals surface area contributed by atoms with Gasteiger partial charge in [-0.15, -0.1) is 0 Å². The number of aliphatic hydroxyl groups excluding tert-OH is 1. The largest absolute Gasteiger partial charge is 0.463 e. The van der Waals surface area contributed by atoms with Gasteiger partial charge < -0.3 is 14.6 Å². The molecule has 1 unspecified atom stereocenters. The number of allylic oxidation sites excluding steroid dienone is 8. The maximum absolute atomic E-state index is 11.9. The molecule has 46 heavy (non-hydrogen) atoms. The number of carbonyl (C=O) groups excluding carboxylic acids is 3. The van der Waals surface area contributed by atoms with Crippen LogP contribution in [0.4, 0.5) is 0 Å². The zero-order valence-corrected chi connectivity index (χ0v) is 29.7. The summed E-state index contributed by atoms with van der Waals surface area (Å²) in [6, 6.07) is 0. The summed E-state index contributed by atoms with van der Waals surface area (Å²) in [4.78, 5) is 35.5. The van der Waals surface area contributed by atoms with Crippen molar-refractivity contribution in [1.82, 2.24) is 0 Å². The fourth-order valence-corrected chi connectivity index (χ4v) is 4.83. The monoisotopic (exact) mass is 645 g/mol. The van der Waals surface area contributed by atoms with Crippen LogP contribution in [0.3, 0.4) is 0 Å². The lowest BCUT2D eigenvalue weighted by Gasteiger charge is -2.12. The third-order valence-corrected chi connectivity index (χ3v) is 8.08. The van der Waals surface area contributed by atoms with Gasteiger partial charge in [0, 0.05) is 19.3 Å². The molecule has 0 spiro atoms. The first-order valence-corrected chi connectivity index (χ1v) is 18.5. The van der Waals surface area contributed by atoms with Crippen molar-refractivity contribution in [3.63, 3.8) is 0 Å². The Bertz CT molecular complexity index is 856. The molecule has 0 aliphatic heterocycles. The molecule has 0 aliphatic carbocycles. The maximum Gasteiger partial charge on any atom is 0.305 e. The van der Waals surface area contributed by atoms with Crippen LogP contribution in [0.2, 0.25) is 0 Å². The smallest absolute Gasteiger partial charge is 0.305 e. The highest BCUT2D eigenvalue weighted by Crippen LogP contribution is 2.15. The lowest BCUT2D eigenvalue weighted by atomic mass is 9.99. The first-order chi connectivity index (χ1) is 22.4. The lowest BCUT2D eigenvalue weighted by Crippen LogP contribution is -2.25. The molecule has 0 heterocycles. The molecule has 0 saturated carbocycles. The number of esters is 2. The van der Waals surface area contributed by atoms with E-state index in [9.17, 15) is 19.5 Å². The van der Waals surface area contributed by atoms with Crippen LogP contribution >= 0.6 is 0 Å². The Morgan fingerprint density at radius 3 is 1.74 bits per heavy atom. The standard InChI is InChI=1S/C40H68O6/c1-4-6-24-30-37(41)31-26-21-17-13-8-7-9-14-18-22-27-32-39(43)45-34-38(42)35-46-40(44)33-28-23-19-15-11-10-12-16-20-25-29-36(3)5-2/h7-8,14,17-18,21,26,31,36,38,42H,4-6,9-13,15-16,19-20,22-25,27-30,32-35H2,1-3H3/b8-7-,18-14-,21-17-,31-26+/t36?,38-/m1/s1. The number of hydrogen-bond donors (Lipinski definition) is 1. The number of rotatable bonds is 32. The summed E-state index contributed by atoms with van der Waals surface area (Å²) < 4.78 is 10.2. The van der Waals surface area contributed by atoms with E-state index < -0.39 is 6.10 Å². The van der Waals surface area contributed by atoms with Crippen LogP contribution in [0.1, 0.15) is 162 Å². The van der Waals surface area contributed by atoms with Gasteiger partial charge in [0.25, 0.3) is 0 Å². The Balaban J connectivity index is 3.61. The first-order valence-electron chi connectivity index (χ1n) is 18.5. The molecule has 264 valence electrons. The molecule has 0 saturated heterocycles. The van der Waals surface area contributed by atoms with E-state index in [0.29, 0.717) is 19.3 Å². The van der Waals surface area contributed by atoms with Crippen molar-refractivity contribution in [1.29, 1.82) is 0 Å². The van der Waals surface area contributed by atoms with Crippen LogP contribution in [-0.2, 0) is 23.9 Å². The highest BCUT2D eigenvalue weighted by Gasteiger charge is 2.12. The summed E-state index contributed by atoms with van der Waals surface area (Å²) in [5.41, 5.74) is 0. The van der Waals surface area contributed by atoms with E-state index in [4.69, 9.17) is 9.47 Å². The van der Waals surface area contributed by atoms with Crippen molar-refractivity contribution in [3.05, 3.63) is 48.6 Å². The van der Waals surface area contributed by atoms with Crippen molar-refractivity contribution < 1.29 is 29.0 Å². The van der Waals surface area contributed by atoms with E-state index >= 15 is 0 Å². The number of ether oxygens (including phenoxy) is 2. The van der Waals surface area contributed by atoms with Gasteiger partial charge in [-0.05, 0) is 50.5 Å². The maximum atomic E-state index is 11.9. The number of carbonyl (C=O) groups is 3. The van der Waals surface area contributed by atoms with Gasteiger partial charge in [-0.1, -0.05) is 147 Å². The molecule has 0 aromatic heterocycles. The SMILES string of the molecule is CCCCCC(=O)/C=C/C=C\C/C=C\C/C=C\CCCC(=O)OC[C@@H](O)COC(=O)CCCCCCCCCCCCC(C)CC. The van der Waals surface area contributed by atoms with Gasteiger partial charge in [0.2, 0.25) is 0 Å². The van der Waals surface area contributed by atoms with Gasteiger partial charge >= 0.3 is 11.9 Å². The number of unbranched alkanes of at least 4 members (excludes halogenated alkanes) is 12. The molecule has 0 amide bonds. The Labute approximate surface area is 282 Å². The molecule has 0 bridgehead atoms. The second-order valence-electron chi connectivity index (χ2n) is 12.6. The minimum Gasteiger partial charge on any atom is -0.463 e. The topological polar surface area (TPSA) is 89.9 Å². The lowest BCUT2D eigenvalue weighted by molar-refractivity contribution is -0.152. The van der Waals surface area contributed by atoms with Crippen LogP contribution in [0.25, 0.3) is 0 Å². The predicted octanol–water partition coefficient (Wildman–Crippen LogP) is 10.5. The van der Waals surface area contributed by atoms with Crippen LogP contribution in [-0.4, -0.2) is 42.1 Å². The van der Waals surface area contributed by atoms with Gasteiger partial charge in [0.1, 0.15) is 19.3 Å². The van der Waals surface area contributed by atoms with Crippen molar-refractivity contribution in [3.8, 4) is 0 Å². The van der Waals surface area contributed by atoms with Crippen molar-refractivity contribution in [2.24, 2.45) is 5.92 Å². The average molecular weight is 645 g/mol. The van der Waals surface area contributed by atoms with Crippen LogP contribution in [0, 0.1) is 5.92 Å². The molecule has 0 aromatic carbocycles. The number of ketones is 1. The molecule has 1 N–H and O–H groups in total. The number of aliphatic hydroxyl groups is 1. The summed E-state index contributed by atoms with van der Waals surface area (Å²) >= 11 is 0. The molecule has 6 heteroatoms. The van der Waals surface area contributed by atoms with Gasteiger partial charge in [-0.2, -0.15) is 0 Å². The average Bonchev–Trinajstić information content (AvgIpc) is 3.05. The predicted molar refractivity (Wildman–Crippen MR) is 192 cm³/mol. The Morgan fingerprint density at radius 1 is 0.609 bits per heavy atom.